The van der Waals surface area contributed by atoms with Gasteiger partial charge in [0, 0.05) is 0 Å². The lowest BCUT2D eigenvalue weighted by Crippen LogP contribution is -1.94. The second kappa shape index (κ2) is 14.7. The van der Waals surface area contributed by atoms with Crippen LogP contribution in [0, 0.1) is 24.3 Å². The van der Waals surface area contributed by atoms with E-state index in [0.717, 1.165) is 11.5 Å². The molecule has 0 atom stereocenters. The summed E-state index contributed by atoms with van der Waals surface area (Å²) in [7, 11) is 3.49. The molecule has 0 saturated heterocycles. The van der Waals surface area contributed by atoms with Gasteiger partial charge in [-0.25, -0.2) is 0 Å². The molecule has 0 N–H and O–H groups in total. The van der Waals surface area contributed by atoms with Crippen molar-refractivity contribution in [2.45, 2.75) is 86.0 Å². The van der Waals surface area contributed by atoms with Crippen molar-refractivity contribution in [3.63, 3.8) is 0 Å². The molecule has 0 aliphatic heterocycles. The predicted octanol–water partition coefficient (Wildman–Crippen LogP) is 8.39. The standard InChI is InChI=1S/C14H22O.C13H19IO/c1-5-6-7-8-13-9-11(2)12(3)14(10-13)15-4;1-4-5-6-7-11-8-10(2)13(14)12(9-11)15-3/h9-10H,5-8H2,1-4H3;8-9H,4-7H2,1-3H3. The van der Waals surface area contributed by atoms with Crippen LogP contribution in [0.15, 0.2) is 24.3 Å². The zero-order valence-corrected chi connectivity index (χ0v) is 22.3. The zero-order chi connectivity index (χ0) is 22.5. The molecule has 0 aliphatic carbocycles. The van der Waals surface area contributed by atoms with Crippen molar-refractivity contribution >= 4 is 22.6 Å². The summed E-state index contributed by atoms with van der Waals surface area (Å²) < 4.78 is 12.0. The monoisotopic (exact) mass is 524 g/mol. The highest BCUT2D eigenvalue weighted by molar-refractivity contribution is 14.1. The van der Waals surface area contributed by atoms with Crippen LogP contribution in [0.5, 0.6) is 11.5 Å². The van der Waals surface area contributed by atoms with Crippen molar-refractivity contribution < 1.29 is 9.47 Å². The molecule has 2 nitrogen and oxygen atoms in total. The molecule has 0 spiro atoms. The Bertz CT molecular complexity index is 702. The second-order valence-electron chi connectivity index (χ2n) is 8.08. The van der Waals surface area contributed by atoms with E-state index >= 15 is 0 Å². The van der Waals surface area contributed by atoms with Crippen LogP contribution in [-0.4, -0.2) is 14.2 Å². The van der Waals surface area contributed by atoms with Gasteiger partial charge in [-0.2, -0.15) is 0 Å². The van der Waals surface area contributed by atoms with Gasteiger partial charge in [0.1, 0.15) is 11.5 Å². The normalized spacial score (nSPS) is 10.4. The number of benzene rings is 2. The first kappa shape index (κ1) is 26.8. The van der Waals surface area contributed by atoms with Gasteiger partial charge in [-0.1, -0.05) is 51.7 Å². The summed E-state index contributed by atoms with van der Waals surface area (Å²) in [6, 6.07) is 8.91. The highest BCUT2D eigenvalue weighted by Crippen LogP contribution is 2.27. The van der Waals surface area contributed by atoms with E-state index in [9.17, 15) is 0 Å². The maximum Gasteiger partial charge on any atom is 0.132 e. The molecule has 0 aromatic heterocycles. The fourth-order valence-corrected chi connectivity index (χ4v) is 4.05. The van der Waals surface area contributed by atoms with Crippen molar-refractivity contribution in [1.29, 1.82) is 0 Å². The SMILES string of the molecule is CCCCCc1cc(C)c(C)c(OC)c1.CCCCCc1cc(C)c(I)c(OC)c1. The molecule has 0 heterocycles. The Balaban J connectivity index is 0.000000300. The van der Waals surface area contributed by atoms with Gasteiger partial charge in [0.2, 0.25) is 0 Å². The van der Waals surface area contributed by atoms with E-state index in [1.54, 1.807) is 14.2 Å². The first-order valence-electron chi connectivity index (χ1n) is 11.3. The topological polar surface area (TPSA) is 18.5 Å². The van der Waals surface area contributed by atoms with Crippen LogP contribution < -0.4 is 9.47 Å². The highest BCUT2D eigenvalue weighted by atomic mass is 127. The lowest BCUT2D eigenvalue weighted by atomic mass is 10.0. The van der Waals surface area contributed by atoms with E-state index in [4.69, 9.17) is 9.47 Å². The Morgan fingerprint density at radius 1 is 0.667 bits per heavy atom. The molecule has 0 saturated carbocycles. The van der Waals surface area contributed by atoms with E-state index in [-0.39, 0.29) is 0 Å². The predicted molar refractivity (Wildman–Crippen MR) is 139 cm³/mol. The Morgan fingerprint density at radius 2 is 1.13 bits per heavy atom. The van der Waals surface area contributed by atoms with Crippen LogP contribution in [0.3, 0.4) is 0 Å². The first-order valence-corrected chi connectivity index (χ1v) is 12.4. The number of ether oxygens (including phenoxy) is 2. The van der Waals surface area contributed by atoms with Crippen LogP contribution in [0.1, 0.15) is 80.2 Å². The smallest absolute Gasteiger partial charge is 0.132 e. The number of hydrogen-bond donors (Lipinski definition) is 0. The second-order valence-corrected chi connectivity index (χ2v) is 9.16. The van der Waals surface area contributed by atoms with Gasteiger partial charge in [0.05, 0.1) is 17.8 Å². The van der Waals surface area contributed by atoms with E-state index in [1.807, 2.05) is 0 Å². The lowest BCUT2D eigenvalue weighted by Gasteiger charge is -2.10. The van der Waals surface area contributed by atoms with E-state index in [2.05, 4.69) is 81.5 Å². The maximum absolute atomic E-state index is 5.37. The minimum absolute atomic E-state index is 1.02. The van der Waals surface area contributed by atoms with Crippen molar-refractivity contribution in [2.24, 2.45) is 0 Å². The largest absolute Gasteiger partial charge is 0.496 e. The Kier molecular flexibility index (Phi) is 13.2. The number of hydrogen-bond acceptors (Lipinski definition) is 2. The average Bonchev–Trinajstić information content (AvgIpc) is 2.73. The Labute approximate surface area is 198 Å². The molecule has 2 aromatic carbocycles. The van der Waals surface area contributed by atoms with Gasteiger partial charge in [-0.05, 0) is 109 Å². The molecule has 0 amide bonds. The van der Waals surface area contributed by atoms with Crippen LogP contribution in [0.4, 0.5) is 0 Å². The van der Waals surface area contributed by atoms with Crippen LogP contribution in [0.25, 0.3) is 0 Å². The minimum Gasteiger partial charge on any atom is -0.496 e. The Morgan fingerprint density at radius 3 is 1.60 bits per heavy atom. The summed E-state index contributed by atoms with van der Waals surface area (Å²) in [6.45, 7) is 10.9. The summed E-state index contributed by atoms with van der Waals surface area (Å²) >= 11 is 2.34. The van der Waals surface area contributed by atoms with Gasteiger partial charge in [-0.3, -0.25) is 0 Å². The number of methoxy groups -OCH3 is 2. The van der Waals surface area contributed by atoms with Gasteiger partial charge in [-0.15, -0.1) is 0 Å². The van der Waals surface area contributed by atoms with Crippen LogP contribution in [0.2, 0.25) is 0 Å². The summed E-state index contributed by atoms with van der Waals surface area (Å²) in [5.74, 6) is 2.04. The van der Waals surface area contributed by atoms with Crippen LogP contribution >= 0.6 is 22.6 Å². The van der Waals surface area contributed by atoms with Crippen molar-refractivity contribution in [3.8, 4) is 11.5 Å². The van der Waals surface area contributed by atoms with E-state index < -0.39 is 0 Å². The van der Waals surface area contributed by atoms with Gasteiger partial charge >= 0.3 is 0 Å². The summed E-state index contributed by atoms with van der Waals surface area (Å²) in [6.07, 6.45) is 10.1. The van der Waals surface area contributed by atoms with Crippen LogP contribution in [-0.2, 0) is 12.8 Å². The fraction of sp³-hybridized carbons (Fsp3) is 0.556. The summed E-state index contributed by atoms with van der Waals surface area (Å²) in [5, 5.41) is 0. The third kappa shape index (κ3) is 8.87. The summed E-state index contributed by atoms with van der Waals surface area (Å²) in [4.78, 5) is 0. The van der Waals surface area contributed by atoms with E-state index in [1.165, 1.54) is 82.8 Å². The molecule has 3 heteroatoms. The number of halogens is 1. The average molecular weight is 525 g/mol. The molecular formula is C27H41IO2. The summed E-state index contributed by atoms with van der Waals surface area (Å²) in [5.41, 5.74) is 6.72. The minimum atomic E-state index is 1.02. The lowest BCUT2D eigenvalue weighted by molar-refractivity contribution is 0.410. The molecule has 168 valence electrons. The number of rotatable bonds is 10. The van der Waals surface area contributed by atoms with Crippen molar-refractivity contribution in [3.05, 3.63) is 55.7 Å². The van der Waals surface area contributed by atoms with Gasteiger partial charge in [0.25, 0.3) is 0 Å². The molecule has 2 aromatic rings. The highest BCUT2D eigenvalue weighted by Gasteiger charge is 2.06. The third-order valence-corrected chi connectivity index (χ3v) is 6.92. The Hall–Kier alpha value is -1.23. The number of aryl methyl sites for hydroxylation is 4. The maximum atomic E-state index is 5.37. The van der Waals surface area contributed by atoms with Crippen molar-refractivity contribution in [2.75, 3.05) is 14.2 Å². The molecule has 30 heavy (non-hydrogen) atoms. The molecule has 0 unspecified atom stereocenters. The molecule has 0 fully saturated rings. The third-order valence-electron chi connectivity index (χ3n) is 5.54. The molecule has 0 aliphatic rings. The molecule has 2 rings (SSSR count). The fourth-order valence-electron chi connectivity index (χ4n) is 3.52. The van der Waals surface area contributed by atoms with Crippen molar-refractivity contribution in [1.82, 2.24) is 0 Å². The quantitative estimate of drug-likeness (QED) is 0.230. The van der Waals surface area contributed by atoms with E-state index in [0.29, 0.717) is 0 Å². The zero-order valence-electron chi connectivity index (χ0n) is 20.2. The first-order chi connectivity index (χ1) is 14.4. The molecular weight excluding hydrogens is 483 g/mol. The molecule has 0 radical (unpaired) electrons. The van der Waals surface area contributed by atoms with Gasteiger partial charge in [0.15, 0.2) is 0 Å². The molecule has 0 bridgehead atoms. The van der Waals surface area contributed by atoms with Gasteiger partial charge < -0.3 is 9.47 Å². The number of unbranched alkanes of at least 4 members (excludes halogenated alkanes) is 4.